The zero-order valence-electron chi connectivity index (χ0n) is 14.0. The molecule has 1 atom stereocenters. The Hall–Kier alpha value is -2.00. The second-order valence-corrected chi connectivity index (χ2v) is 8.45. The van der Waals surface area contributed by atoms with Gasteiger partial charge >= 0.3 is 0 Å². The quantitative estimate of drug-likeness (QED) is 0.736. The van der Waals surface area contributed by atoms with E-state index in [1.165, 1.54) is 10.5 Å². The predicted octanol–water partition coefficient (Wildman–Crippen LogP) is 2.52. The Kier molecular flexibility index (Phi) is 4.44. The van der Waals surface area contributed by atoms with Gasteiger partial charge in [0, 0.05) is 24.7 Å². The lowest BCUT2D eigenvalue weighted by atomic mass is 10.1. The first-order valence-corrected chi connectivity index (χ1v) is 9.99. The molecule has 0 amide bonds. The molecule has 4 rings (SSSR count). The van der Waals surface area contributed by atoms with E-state index in [1.54, 1.807) is 19.1 Å². The molecule has 7 nitrogen and oxygen atoms in total. The Morgan fingerprint density at radius 3 is 2.96 bits per heavy atom. The summed E-state index contributed by atoms with van der Waals surface area (Å²) in [6, 6.07) is 8.48. The van der Waals surface area contributed by atoms with Gasteiger partial charge in [-0.3, -0.25) is 0 Å². The minimum absolute atomic E-state index is 0.121. The molecular weight excluding hydrogens is 376 g/mol. The lowest BCUT2D eigenvalue weighted by molar-refractivity contribution is 0.271. The van der Waals surface area contributed by atoms with Crippen molar-refractivity contribution >= 4 is 32.7 Å². The Morgan fingerprint density at radius 1 is 1.35 bits per heavy atom. The fourth-order valence-corrected chi connectivity index (χ4v) is 5.03. The Bertz CT molecular complexity index is 1070. The van der Waals surface area contributed by atoms with E-state index in [0.717, 1.165) is 5.56 Å². The zero-order chi connectivity index (χ0) is 18.3. The molecule has 1 fully saturated rings. The van der Waals surface area contributed by atoms with E-state index in [4.69, 9.17) is 16.1 Å². The highest BCUT2D eigenvalue weighted by molar-refractivity contribution is 7.89. The van der Waals surface area contributed by atoms with Crippen LogP contribution in [0.5, 0.6) is 0 Å². The number of aryl methyl sites for hydroxylation is 1. The number of hydrogen-bond donors (Lipinski definition) is 1. The third-order valence-electron chi connectivity index (χ3n) is 4.55. The number of halogens is 1. The zero-order valence-corrected chi connectivity index (χ0v) is 15.6. The summed E-state index contributed by atoms with van der Waals surface area (Å²) in [6.45, 7) is 3.16. The van der Waals surface area contributed by atoms with Gasteiger partial charge in [-0.15, -0.1) is 0 Å². The van der Waals surface area contributed by atoms with E-state index in [1.807, 2.05) is 18.2 Å². The maximum absolute atomic E-state index is 13.3. The molecule has 3 heterocycles. The van der Waals surface area contributed by atoms with Crippen LogP contribution in [-0.4, -0.2) is 42.5 Å². The highest BCUT2D eigenvalue weighted by Gasteiger charge is 2.35. The topological polar surface area (TPSA) is 88.3 Å². The van der Waals surface area contributed by atoms with Crippen molar-refractivity contribution in [2.75, 3.05) is 19.6 Å². The fourth-order valence-electron chi connectivity index (χ4n) is 3.19. The third-order valence-corrected chi connectivity index (χ3v) is 6.77. The lowest BCUT2D eigenvalue weighted by Gasteiger charge is -2.35. The van der Waals surface area contributed by atoms with Crippen molar-refractivity contribution in [1.29, 1.82) is 0 Å². The fraction of sp³-hybridized carbons (Fsp3) is 0.294. The maximum Gasteiger partial charge on any atom is 0.257 e. The van der Waals surface area contributed by atoms with Gasteiger partial charge in [-0.25, -0.2) is 13.4 Å². The number of aromatic nitrogens is 2. The first-order chi connectivity index (χ1) is 12.5. The molecule has 26 heavy (non-hydrogen) atoms. The molecular formula is C17H17ClN4O3S. The van der Waals surface area contributed by atoms with Gasteiger partial charge in [0.05, 0.1) is 23.3 Å². The standard InChI is InChI=1S/C17H17ClN4O3S/c1-11-14-8-12(9-20-17(14)25-21-11)26(23,24)22-7-6-19-10-16(22)13-4-2-3-5-15(13)18/h2-5,8-9,16,19H,6-7,10H2,1H3. The Balaban J connectivity index is 1.79. The number of pyridine rings is 1. The molecule has 1 N–H and O–H groups in total. The van der Waals surface area contributed by atoms with Gasteiger partial charge in [0.1, 0.15) is 4.90 Å². The summed E-state index contributed by atoms with van der Waals surface area (Å²) in [5, 5.41) is 8.21. The highest BCUT2D eigenvalue weighted by atomic mass is 35.5. The van der Waals surface area contributed by atoms with Crippen LogP contribution in [0.1, 0.15) is 17.3 Å². The van der Waals surface area contributed by atoms with E-state index >= 15 is 0 Å². The maximum atomic E-state index is 13.3. The van der Waals surface area contributed by atoms with Crippen molar-refractivity contribution in [2.45, 2.75) is 17.9 Å². The van der Waals surface area contributed by atoms with Crippen molar-refractivity contribution in [3.05, 3.63) is 52.8 Å². The number of fused-ring (bicyclic) bond motifs is 1. The normalized spacial score (nSPS) is 19.1. The molecule has 1 aliphatic heterocycles. The number of nitrogens with zero attached hydrogens (tertiary/aromatic N) is 3. The summed E-state index contributed by atoms with van der Waals surface area (Å²) in [6.07, 6.45) is 1.31. The largest absolute Gasteiger partial charge is 0.336 e. The smallest absolute Gasteiger partial charge is 0.257 e. The summed E-state index contributed by atoms with van der Waals surface area (Å²) in [5.41, 5.74) is 1.71. The molecule has 1 unspecified atom stereocenters. The van der Waals surface area contributed by atoms with Crippen LogP contribution in [0, 0.1) is 6.92 Å². The molecule has 2 aromatic heterocycles. The van der Waals surface area contributed by atoms with Crippen LogP contribution < -0.4 is 5.32 Å². The van der Waals surface area contributed by atoms with Crippen LogP contribution in [0.3, 0.4) is 0 Å². The van der Waals surface area contributed by atoms with Gasteiger partial charge in [-0.1, -0.05) is 35.0 Å². The molecule has 1 aromatic carbocycles. The SMILES string of the molecule is Cc1noc2ncc(S(=O)(=O)N3CCNCC3c3ccccc3Cl)cc12. The minimum atomic E-state index is -3.76. The monoisotopic (exact) mass is 392 g/mol. The number of nitrogens with one attached hydrogen (secondary N) is 1. The van der Waals surface area contributed by atoms with Gasteiger partial charge in [0.15, 0.2) is 0 Å². The molecule has 136 valence electrons. The van der Waals surface area contributed by atoms with Gasteiger partial charge in [-0.05, 0) is 24.6 Å². The van der Waals surface area contributed by atoms with Gasteiger partial charge < -0.3 is 9.84 Å². The van der Waals surface area contributed by atoms with Crippen molar-refractivity contribution in [1.82, 2.24) is 19.8 Å². The third kappa shape index (κ3) is 2.88. The molecule has 0 spiro atoms. The van der Waals surface area contributed by atoms with Crippen molar-refractivity contribution in [2.24, 2.45) is 0 Å². The second kappa shape index (κ2) is 6.62. The van der Waals surface area contributed by atoms with Crippen LogP contribution in [0.25, 0.3) is 11.1 Å². The summed E-state index contributed by atoms with van der Waals surface area (Å²) in [5.74, 6) is 0. The highest BCUT2D eigenvalue weighted by Crippen LogP contribution is 2.33. The lowest BCUT2D eigenvalue weighted by Crippen LogP contribution is -2.48. The molecule has 0 aliphatic carbocycles. The predicted molar refractivity (Wildman–Crippen MR) is 97.5 cm³/mol. The van der Waals surface area contributed by atoms with Crippen molar-refractivity contribution < 1.29 is 12.9 Å². The summed E-state index contributed by atoms with van der Waals surface area (Å²) < 4.78 is 33.2. The summed E-state index contributed by atoms with van der Waals surface area (Å²) in [7, 11) is -3.76. The van der Waals surface area contributed by atoms with Crippen molar-refractivity contribution in [3.63, 3.8) is 0 Å². The minimum Gasteiger partial charge on any atom is -0.336 e. The number of benzene rings is 1. The Morgan fingerprint density at radius 2 is 2.15 bits per heavy atom. The summed E-state index contributed by atoms with van der Waals surface area (Å²) in [4.78, 5) is 4.22. The van der Waals surface area contributed by atoms with Crippen LogP contribution in [0.4, 0.5) is 0 Å². The van der Waals surface area contributed by atoms with E-state index < -0.39 is 10.0 Å². The van der Waals surface area contributed by atoms with Crippen LogP contribution in [0.2, 0.25) is 5.02 Å². The van der Waals surface area contributed by atoms with Gasteiger partial charge in [0.25, 0.3) is 5.71 Å². The Labute approximate surface area is 156 Å². The van der Waals surface area contributed by atoms with Crippen molar-refractivity contribution in [3.8, 4) is 0 Å². The van der Waals surface area contributed by atoms with Gasteiger partial charge in [0.2, 0.25) is 10.0 Å². The number of sulfonamides is 1. The van der Waals surface area contributed by atoms with E-state index in [-0.39, 0.29) is 10.9 Å². The number of rotatable bonds is 3. The summed E-state index contributed by atoms with van der Waals surface area (Å²) >= 11 is 6.32. The molecule has 3 aromatic rings. The molecule has 0 saturated carbocycles. The van der Waals surface area contributed by atoms with E-state index in [0.29, 0.717) is 41.5 Å². The average Bonchev–Trinajstić information content (AvgIpc) is 3.03. The molecule has 0 radical (unpaired) electrons. The van der Waals surface area contributed by atoms with E-state index in [9.17, 15) is 8.42 Å². The molecule has 9 heteroatoms. The molecule has 1 aliphatic rings. The number of piperazine rings is 1. The van der Waals surface area contributed by atoms with E-state index in [2.05, 4.69) is 15.5 Å². The first kappa shape index (κ1) is 17.4. The average molecular weight is 393 g/mol. The van der Waals surface area contributed by atoms with Crippen LogP contribution >= 0.6 is 11.6 Å². The van der Waals surface area contributed by atoms with Gasteiger partial charge in [-0.2, -0.15) is 4.31 Å². The first-order valence-electron chi connectivity index (χ1n) is 8.17. The molecule has 0 bridgehead atoms. The van der Waals surface area contributed by atoms with Crippen LogP contribution in [-0.2, 0) is 10.0 Å². The van der Waals surface area contributed by atoms with Crippen LogP contribution in [0.15, 0.2) is 45.9 Å². The number of hydrogen-bond acceptors (Lipinski definition) is 6. The second-order valence-electron chi connectivity index (χ2n) is 6.15. The molecule has 1 saturated heterocycles.